The average Bonchev–Trinajstić information content (AvgIpc) is 3.43. The molecule has 1 aromatic carbocycles. The molecule has 5 aliphatic rings. The number of aliphatic hydroxyl groups is 1. The molecule has 0 bridgehead atoms. The number of rotatable bonds is 17. The molecule has 314 valence electrons. The van der Waals surface area contributed by atoms with Crippen LogP contribution in [0, 0.1) is 23.7 Å². The van der Waals surface area contributed by atoms with Gasteiger partial charge in [-0.3, -0.25) is 39.0 Å². The van der Waals surface area contributed by atoms with Gasteiger partial charge in [-0.2, -0.15) is 0 Å². The molecule has 6 rings (SSSR count). The number of fused-ring (bicyclic) bond motifs is 2. The van der Waals surface area contributed by atoms with Crippen LogP contribution in [-0.4, -0.2) is 122 Å². The Bertz CT molecular complexity index is 1810. The minimum atomic E-state index is -1.12. The van der Waals surface area contributed by atoms with Crippen LogP contribution in [0.15, 0.2) is 42.0 Å². The Kier molecular flexibility index (Phi) is 14.3. The summed E-state index contributed by atoms with van der Waals surface area (Å²) in [7, 11) is 0. The number of esters is 1. The molecule has 1 aromatic rings. The number of carbonyl (C=O) groups is 7. The number of aliphatic hydroxyl groups excluding tert-OH is 1. The second-order valence-electron chi connectivity index (χ2n) is 15.4. The van der Waals surface area contributed by atoms with Crippen LogP contribution >= 0.6 is 0 Å². The molecule has 0 saturated carbocycles. The summed E-state index contributed by atoms with van der Waals surface area (Å²) in [4.78, 5) is 88.1. The molecule has 2 fully saturated rings. The number of nitrogens with one attached hydrogen (secondary N) is 3. The van der Waals surface area contributed by atoms with Crippen molar-refractivity contribution in [1.82, 2.24) is 20.9 Å². The topological polar surface area (TPSA) is 225 Å². The molecule has 0 spiro atoms. The van der Waals surface area contributed by atoms with E-state index in [1.54, 1.807) is 0 Å². The van der Waals surface area contributed by atoms with Gasteiger partial charge in [0.25, 0.3) is 17.7 Å². The van der Waals surface area contributed by atoms with E-state index in [9.17, 15) is 38.7 Å². The molecule has 3 heterocycles. The Morgan fingerprint density at radius 2 is 1.72 bits per heavy atom. The highest BCUT2D eigenvalue weighted by Gasteiger charge is 2.46. The number of ether oxygens (including phenoxy) is 5. The number of imide groups is 2. The first-order chi connectivity index (χ1) is 27.9. The van der Waals surface area contributed by atoms with Gasteiger partial charge >= 0.3 is 12.1 Å². The summed E-state index contributed by atoms with van der Waals surface area (Å²) in [6, 6.07) is 3.28. The van der Waals surface area contributed by atoms with Crippen molar-refractivity contribution in [3.63, 3.8) is 0 Å². The van der Waals surface area contributed by atoms with Crippen LogP contribution in [0.25, 0.3) is 0 Å². The number of piperidine rings is 1. The van der Waals surface area contributed by atoms with Crippen LogP contribution < -0.4 is 20.7 Å². The largest absolute Gasteiger partial charge is 0.483 e. The lowest BCUT2D eigenvalue weighted by Crippen LogP contribution is -2.54. The summed E-state index contributed by atoms with van der Waals surface area (Å²) in [6.07, 6.45) is 7.32. The SMILES string of the molecule is C[C@H]1C=C2C=C[C@H](C)[C@H](CC[C@@H]3C[C@@H](O)CC(=O)O3)[C@H]2[C@@H](OC(=O)NCCOCCOCCNC(=O)COc2cccc3c2C(=O)N(C2CCC(=O)NC2=O)C3=O)C1. The van der Waals surface area contributed by atoms with Gasteiger partial charge in [0, 0.05) is 31.8 Å². The maximum Gasteiger partial charge on any atom is 0.407 e. The van der Waals surface area contributed by atoms with Gasteiger partial charge in [-0.15, -0.1) is 0 Å². The average molecular weight is 809 g/mol. The molecule has 0 aromatic heterocycles. The van der Waals surface area contributed by atoms with E-state index in [0.717, 1.165) is 16.9 Å². The van der Waals surface area contributed by atoms with Crippen molar-refractivity contribution in [3.05, 3.63) is 53.1 Å². The zero-order valence-electron chi connectivity index (χ0n) is 32.8. The molecular weight excluding hydrogens is 756 g/mol. The molecule has 3 aliphatic heterocycles. The molecule has 58 heavy (non-hydrogen) atoms. The molecule has 17 heteroatoms. The Hall–Kier alpha value is -5.13. The van der Waals surface area contributed by atoms with Crippen LogP contribution in [0.1, 0.15) is 79.5 Å². The first-order valence-corrected chi connectivity index (χ1v) is 20.0. The molecule has 0 radical (unpaired) electrons. The van der Waals surface area contributed by atoms with Gasteiger partial charge in [0.05, 0.1) is 50.1 Å². The third-order valence-corrected chi connectivity index (χ3v) is 11.2. The number of cyclic esters (lactones) is 1. The normalized spacial score (nSPS) is 27.9. The molecular formula is C41H52N4O13. The number of benzene rings is 1. The smallest absolute Gasteiger partial charge is 0.407 e. The number of hydrogen-bond acceptors (Lipinski definition) is 13. The lowest BCUT2D eigenvalue weighted by Gasteiger charge is -2.43. The van der Waals surface area contributed by atoms with Gasteiger partial charge in [0.2, 0.25) is 11.8 Å². The van der Waals surface area contributed by atoms with Gasteiger partial charge in [-0.1, -0.05) is 38.1 Å². The Morgan fingerprint density at radius 3 is 2.47 bits per heavy atom. The number of allylic oxidation sites excluding steroid dienone is 3. The second kappa shape index (κ2) is 19.5. The zero-order valence-corrected chi connectivity index (χ0v) is 32.8. The quantitative estimate of drug-likeness (QED) is 0.101. The van der Waals surface area contributed by atoms with Gasteiger partial charge in [-0.05, 0) is 61.1 Å². The van der Waals surface area contributed by atoms with Crippen molar-refractivity contribution in [2.45, 2.75) is 83.1 Å². The predicted octanol–water partition coefficient (Wildman–Crippen LogP) is 1.96. The van der Waals surface area contributed by atoms with Crippen molar-refractivity contribution in [2.75, 3.05) is 46.1 Å². The number of nitrogens with zero attached hydrogens (tertiary/aromatic N) is 1. The van der Waals surface area contributed by atoms with Crippen LogP contribution in [0.5, 0.6) is 5.75 Å². The summed E-state index contributed by atoms with van der Waals surface area (Å²) in [5.41, 5.74) is 1.16. The molecule has 8 atom stereocenters. The van der Waals surface area contributed by atoms with Gasteiger partial charge in [-0.25, -0.2) is 4.79 Å². The summed E-state index contributed by atoms with van der Waals surface area (Å²) in [5, 5.41) is 17.6. The maximum atomic E-state index is 13.2. The molecule has 1 unspecified atom stereocenters. The zero-order chi connectivity index (χ0) is 41.3. The summed E-state index contributed by atoms with van der Waals surface area (Å²) < 4.78 is 28.2. The number of alkyl carbamates (subject to hydrolysis) is 1. The highest BCUT2D eigenvalue weighted by molar-refractivity contribution is 6.24. The highest BCUT2D eigenvalue weighted by atomic mass is 16.6. The van der Waals surface area contributed by atoms with Crippen LogP contribution in [0.3, 0.4) is 0 Å². The molecule has 4 N–H and O–H groups in total. The van der Waals surface area contributed by atoms with E-state index in [2.05, 4.69) is 48.0 Å². The molecule has 6 amide bonds. The Balaban J connectivity index is 0.838. The number of carbonyl (C=O) groups excluding carboxylic acids is 7. The van der Waals surface area contributed by atoms with Crippen LogP contribution in [-0.2, 0) is 38.1 Å². The highest BCUT2D eigenvalue weighted by Crippen LogP contribution is 2.45. The minimum Gasteiger partial charge on any atom is -0.483 e. The van der Waals surface area contributed by atoms with E-state index in [0.29, 0.717) is 19.3 Å². The Labute approximate surface area is 336 Å². The fourth-order valence-electron chi connectivity index (χ4n) is 8.43. The van der Waals surface area contributed by atoms with Crippen molar-refractivity contribution in [3.8, 4) is 5.75 Å². The first-order valence-electron chi connectivity index (χ1n) is 20.0. The fourth-order valence-corrected chi connectivity index (χ4v) is 8.43. The third-order valence-electron chi connectivity index (χ3n) is 11.2. The number of hydrogen-bond donors (Lipinski definition) is 4. The van der Waals surface area contributed by atoms with Gasteiger partial charge in [0.1, 0.15) is 24.0 Å². The maximum absolute atomic E-state index is 13.2. The summed E-state index contributed by atoms with van der Waals surface area (Å²) in [6.45, 7) is 5.15. The van der Waals surface area contributed by atoms with Crippen molar-refractivity contribution < 1.29 is 62.4 Å². The van der Waals surface area contributed by atoms with Crippen molar-refractivity contribution >= 4 is 41.6 Å². The third kappa shape index (κ3) is 10.5. The van der Waals surface area contributed by atoms with E-state index >= 15 is 0 Å². The van der Waals surface area contributed by atoms with Crippen molar-refractivity contribution in [2.24, 2.45) is 23.7 Å². The molecule has 2 aliphatic carbocycles. The van der Waals surface area contributed by atoms with E-state index in [-0.39, 0.29) is 118 Å². The van der Waals surface area contributed by atoms with Crippen LogP contribution in [0.2, 0.25) is 0 Å². The van der Waals surface area contributed by atoms with Crippen molar-refractivity contribution in [1.29, 1.82) is 0 Å². The van der Waals surface area contributed by atoms with E-state index in [1.165, 1.54) is 18.2 Å². The Morgan fingerprint density at radius 1 is 0.966 bits per heavy atom. The van der Waals surface area contributed by atoms with Crippen LogP contribution in [0.4, 0.5) is 4.79 Å². The molecule has 2 saturated heterocycles. The minimum absolute atomic E-state index is 0.00159. The second-order valence-corrected chi connectivity index (χ2v) is 15.4. The lowest BCUT2D eigenvalue weighted by molar-refractivity contribution is -0.160. The molecule has 17 nitrogen and oxygen atoms in total. The summed E-state index contributed by atoms with van der Waals surface area (Å²) in [5.74, 6) is -2.76. The van der Waals surface area contributed by atoms with Gasteiger partial charge in [0.15, 0.2) is 6.61 Å². The first kappa shape index (κ1) is 42.5. The lowest BCUT2D eigenvalue weighted by atomic mass is 9.65. The predicted molar refractivity (Wildman–Crippen MR) is 203 cm³/mol. The fraction of sp³-hybridized carbons (Fsp3) is 0.585. The monoisotopic (exact) mass is 808 g/mol. The van der Waals surface area contributed by atoms with E-state index in [4.69, 9.17) is 23.7 Å². The van der Waals surface area contributed by atoms with E-state index < -0.39 is 54.4 Å². The van der Waals surface area contributed by atoms with E-state index in [1.807, 2.05) is 0 Å². The number of amides is 6. The van der Waals surface area contributed by atoms with Gasteiger partial charge < -0.3 is 39.4 Å². The standard InChI is InChI=1S/C41H52N4O13/c1-23-18-25-7-6-24(2)28(9-8-27-20-26(46)21-35(49)57-27)36(25)32(19-23)58-41(53)43-13-15-55-17-16-54-14-12-42-34(48)22-56-31-5-3-4-29-37(31)40(52)45(39(29)51)30-10-11-33(47)44-38(30)50/h3-7,18,23-24,26-28,30,32,36,46H,8-17,19-22H2,1-2H3,(H,42,48)(H,43,53)(H,44,47,50)/t23-,24-,26+,27+,28-,30?,32-,36-/m0/s1. The summed E-state index contributed by atoms with van der Waals surface area (Å²) >= 11 is 0.